The average molecular weight is 613 g/mol. The van der Waals surface area contributed by atoms with Gasteiger partial charge in [0.15, 0.2) is 0 Å². The Bertz CT molecular complexity index is 1660. The second kappa shape index (κ2) is 14.9. The van der Waals surface area contributed by atoms with Gasteiger partial charge in [0.1, 0.15) is 5.70 Å². The molecule has 0 aliphatic heterocycles. The van der Waals surface area contributed by atoms with Crippen molar-refractivity contribution in [2.45, 2.75) is 23.5 Å². The van der Waals surface area contributed by atoms with Crippen LogP contribution in [0.1, 0.15) is 39.6 Å². The fraction of sp³-hybridized carbons (Fsp3) is 0.0909. The van der Waals surface area contributed by atoms with Gasteiger partial charge in [-0.1, -0.05) is 54.9 Å². The van der Waals surface area contributed by atoms with Crippen LogP contribution in [0, 0.1) is 0 Å². The number of halogens is 1. The first-order valence-corrected chi connectivity index (χ1v) is 14.6. The lowest BCUT2D eigenvalue weighted by Crippen LogP contribution is -2.30. The molecular formula is C33H29ClN4O4S. The Labute approximate surface area is 258 Å². The van der Waals surface area contributed by atoms with Crippen molar-refractivity contribution < 1.29 is 19.2 Å². The smallest absolute Gasteiger partial charge is 0.272 e. The van der Waals surface area contributed by atoms with Crippen molar-refractivity contribution in [1.82, 2.24) is 5.32 Å². The first-order chi connectivity index (χ1) is 20.7. The lowest BCUT2D eigenvalue weighted by Gasteiger charge is -2.16. The first kappa shape index (κ1) is 31.1. The van der Waals surface area contributed by atoms with Gasteiger partial charge in [-0.15, -0.1) is 11.8 Å². The topological polar surface area (TPSA) is 130 Å². The van der Waals surface area contributed by atoms with Gasteiger partial charge in [0, 0.05) is 32.4 Å². The molecule has 4 aromatic rings. The van der Waals surface area contributed by atoms with Crippen LogP contribution in [0.3, 0.4) is 0 Å². The van der Waals surface area contributed by atoms with E-state index in [0.717, 1.165) is 4.90 Å². The molecule has 0 radical (unpaired) electrons. The van der Waals surface area contributed by atoms with Crippen molar-refractivity contribution in [2.75, 3.05) is 10.6 Å². The molecule has 1 atom stereocenters. The number of hydrogen-bond donors (Lipinski definition) is 4. The second-order valence-electron chi connectivity index (χ2n) is 9.36. The molecule has 0 aromatic heterocycles. The summed E-state index contributed by atoms with van der Waals surface area (Å²) in [6.45, 7) is 1.90. The van der Waals surface area contributed by atoms with Gasteiger partial charge in [-0.25, -0.2) is 0 Å². The van der Waals surface area contributed by atoms with Crippen LogP contribution in [0.15, 0.2) is 114 Å². The molecule has 43 heavy (non-hydrogen) atoms. The number of anilines is 2. The van der Waals surface area contributed by atoms with Crippen LogP contribution in [0.2, 0.25) is 5.02 Å². The predicted octanol–water partition coefficient (Wildman–Crippen LogP) is 6.36. The number of rotatable bonds is 11. The highest BCUT2D eigenvalue weighted by atomic mass is 35.5. The summed E-state index contributed by atoms with van der Waals surface area (Å²) in [5, 5.41) is 8.48. The summed E-state index contributed by atoms with van der Waals surface area (Å²) in [5.74, 6) is -1.72. The fourth-order valence-corrected chi connectivity index (χ4v) is 5.19. The highest BCUT2D eigenvalue weighted by Gasteiger charge is 2.19. The molecule has 0 spiro atoms. The third kappa shape index (κ3) is 9.06. The second-order valence-corrected chi connectivity index (χ2v) is 11.1. The standard InChI is InChI=1S/C33H29ClN4O4S/c1-2-29(33(42)36-25-16-14-22(15-17-25)30(35)39)43-27-13-7-12-26(20-27)37-32(41)28(19-21-8-6-11-24(34)18-21)38-31(40)23-9-4-3-5-10-23/h3-20,29H,2H2,1H3,(H2,35,39)(H,36,42)(H,37,41)(H,38,40)/b28-19-. The summed E-state index contributed by atoms with van der Waals surface area (Å²) in [7, 11) is 0. The van der Waals surface area contributed by atoms with Crippen molar-refractivity contribution in [3.8, 4) is 0 Å². The average Bonchev–Trinajstić information content (AvgIpc) is 3.00. The van der Waals surface area contributed by atoms with Gasteiger partial charge in [-0.3, -0.25) is 19.2 Å². The zero-order valence-corrected chi connectivity index (χ0v) is 24.7. The molecule has 0 fully saturated rings. The van der Waals surface area contributed by atoms with Crippen LogP contribution in [0.25, 0.3) is 6.08 Å². The van der Waals surface area contributed by atoms with Crippen LogP contribution < -0.4 is 21.7 Å². The molecule has 4 aromatic carbocycles. The fourth-order valence-electron chi connectivity index (χ4n) is 3.98. The quantitative estimate of drug-likeness (QED) is 0.116. The summed E-state index contributed by atoms with van der Waals surface area (Å²) in [6, 6.07) is 28.9. The van der Waals surface area contributed by atoms with Crippen molar-refractivity contribution in [1.29, 1.82) is 0 Å². The summed E-state index contributed by atoms with van der Waals surface area (Å²) >= 11 is 7.48. The van der Waals surface area contributed by atoms with E-state index in [4.69, 9.17) is 17.3 Å². The Morgan fingerprint density at radius 3 is 2.21 bits per heavy atom. The van der Waals surface area contributed by atoms with E-state index in [-0.39, 0.29) is 11.6 Å². The zero-order chi connectivity index (χ0) is 30.8. The molecule has 0 saturated carbocycles. The molecule has 0 heterocycles. The van der Waals surface area contributed by atoms with E-state index in [2.05, 4.69) is 16.0 Å². The van der Waals surface area contributed by atoms with E-state index < -0.39 is 23.0 Å². The minimum Gasteiger partial charge on any atom is -0.366 e. The number of benzene rings is 4. The van der Waals surface area contributed by atoms with E-state index in [1.54, 1.807) is 103 Å². The molecule has 0 bridgehead atoms. The largest absolute Gasteiger partial charge is 0.366 e. The van der Waals surface area contributed by atoms with Gasteiger partial charge in [-0.05, 0) is 84.8 Å². The molecule has 10 heteroatoms. The maximum atomic E-state index is 13.4. The SMILES string of the molecule is CCC(Sc1cccc(NC(=O)/C(=C/c2cccc(Cl)c2)NC(=O)c2ccccc2)c1)C(=O)Nc1ccc(C(N)=O)cc1. The van der Waals surface area contributed by atoms with Crippen LogP contribution in [-0.4, -0.2) is 28.9 Å². The molecule has 5 N–H and O–H groups in total. The van der Waals surface area contributed by atoms with E-state index in [1.165, 1.54) is 11.8 Å². The Morgan fingerprint density at radius 2 is 1.53 bits per heavy atom. The lowest BCUT2D eigenvalue weighted by molar-refractivity contribution is -0.116. The molecule has 218 valence electrons. The van der Waals surface area contributed by atoms with Gasteiger partial charge >= 0.3 is 0 Å². The van der Waals surface area contributed by atoms with E-state index in [1.807, 2.05) is 13.0 Å². The van der Waals surface area contributed by atoms with E-state index in [9.17, 15) is 19.2 Å². The Hall–Kier alpha value is -4.86. The maximum absolute atomic E-state index is 13.4. The number of nitrogens with one attached hydrogen (secondary N) is 3. The van der Waals surface area contributed by atoms with Crippen molar-refractivity contribution in [2.24, 2.45) is 5.73 Å². The molecule has 8 nitrogen and oxygen atoms in total. The van der Waals surface area contributed by atoms with Crippen molar-refractivity contribution in [3.05, 3.63) is 131 Å². The molecular weight excluding hydrogens is 584 g/mol. The summed E-state index contributed by atoms with van der Waals surface area (Å²) in [6.07, 6.45) is 2.10. The molecule has 0 saturated heterocycles. The number of nitrogens with two attached hydrogens (primary N) is 1. The number of thioether (sulfide) groups is 1. The molecule has 0 aliphatic rings. The van der Waals surface area contributed by atoms with E-state index >= 15 is 0 Å². The molecule has 4 amide bonds. The van der Waals surface area contributed by atoms with Gasteiger partial charge in [-0.2, -0.15) is 0 Å². The lowest BCUT2D eigenvalue weighted by atomic mass is 10.1. The molecule has 1 unspecified atom stereocenters. The van der Waals surface area contributed by atoms with E-state index in [0.29, 0.717) is 39.5 Å². The number of carbonyl (C=O) groups excluding carboxylic acids is 4. The summed E-state index contributed by atoms with van der Waals surface area (Å²) in [4.78, 5) is 51.4. The highest BCUT2D eigenvalue weighted by molar-refractivity contribution is 8.00. The zero-order valence-electron chi connectivity index (χ0n) is 23.2. The van der Waals surface area contributed by atoms with Gasteiger partial charge in [0.05, 0.1) is 5.25 Å². The van der Waals surface area contributed by atoms with Crippen LogP contribution in [0.5, 0.6) is 0 Å². The predicted molar refractivity (Wildman–Crippen MR) is 172 cm³/mol. The molecule has 0 aliphatic carbocycles. The number of carbonyl (C=O) groups is 4. The maximum Gasteiger partial charge on any atom is 0.272 e. The molecule has 4 rings (SSSR count). The van der Waals surface area contributed by atoms with Gasteiger partial charge in [0.25, 0.3) is 11.8 Å². The Morgan fingerprint density at radius 1 is 0.814 bits per heavy atom. The number of amides is 4. The van der Waals surface area contributed by atoms with Crippen LogP contribution in [-0.2, 0) is 9.59 Å². The van der Waals surface area contributed by atoms with Crippen LogP contribution >= 0.6 is 23.4 Å². The summed E-state index contributed by atoms with van der Waals surface area (Å²) in [5.41, 5.74) is 7.73. The monoisotopic (exact) mass is 612 g/mol. The minimum atomic E-state index is -0.544. The number of primary amides is 1. The third-order valence-corrected chi connectivity index (χ3v) is 7.75. The first-order valence-electron chi connectivity index (χ1n) is 13.3. The van der Waals surface area contributed by atoms with Gasteiger partial charge < -0.3 is 21.7 Å². The Balaban J connectivity index is 1.48. The van der Waals surface area contributed by atoms with Crippen molar-refractivity contribution in [3.63, 3.8) is 0 Å². The summed E-state index contributed by atoms with van der Waals surface area (Å²) < 4.78 is 0. The minimum absolute atomic E-state index is 0.0299. The van der Waals surface area contributed by atoms with Crippen LogP contribution in [0.4, 0.5) is 11.4 Å². The third-order valence-electron chi connectivity index (χ3n) is 6.16. The van der Waals surface area contributed by atoms with Gasteiger partial charge in [0.2, 0.25) is 11.8 Å². The normalized spacial score (nSPS) is 11.7. The Kier molecular flexibility index (Phi) is 10.7. The highest BCUT2D eigenvalue weighted by Crippen LogP contribution is 2.29. The van der Waals surface area contributed by atoms with Crippen molar-refractivity contribution >= 4 is 64.4 Å². The number of hydrogen-bond acceptors (Lipinski definition) is 5.